The van der Waals surface area contributed by atoms with Crippen molar-refractivity contribution in [3.8, 4) is 0 Å². The average Bonchev–Trinajstić information content (AvgIpc) is 3.86. The van der Waals surface area contributed by atoms with Gasteiger partial charge in [-0.15, -0.1) is 0 Å². The fourth-order valence-corrected chi connectivity index (χ4v) is 11.6. The molecule has 12 aromatic rings. The highest BCUT2D eigenvalue weighted by atomic mass is 16.3. The Labute approximate surface area is 370 Å². The molecule has 0 fully saturated rings. The molecule has 0 atom stereocenters. The molecule has 2 aromatic heterocycles. The molecule has 0 saturated heterocycles. The van der Waals surface area contributed by atoms with Crippen molar-refractivity contribution in [1.82, 2.24) is 0 Å². The Balaban J connectivity index is 0.956. The number of para-hydroxylation sites is 2. The van der Waals surface area contributed by atoms with Gasteiger partial charge >= 0.3 is 0 Å². The molecule has 2 aliphatic heterocycles. The maximum atomic E-state index is 7.11. The van der Waals surface area contributed by atoms with E-state index in [0.717, 1.165) is 77.4 Å². The van der Waals surface area contributed by atoms with Gasteiger partial charge in [-0.2, -0.15) is 0 Å². The van der Waals surface area contributed by atoms with Crippen molar-refractivity contribution in [2.75, 3.05) is 9.80 Å². The third-order valence-electron chi connectivity index (χ3n) is 14.7. The summed E-state index contributed by atoms with van der Waals surface area (Å²) in [6, 6.07) is 66.6. The number of nitrogens with zero attached hydrogens (tertiary/aromatic N) is 2. The van der Waals surface area contributed by atoms with Crippen LogP contribution in [0.4, 0.5) is 34.1 Å². The predicted molar refractivity (Wildman–Crippen MR) is 267 cm³/mol. The highest BCUT2D eigenvalue weighted by Gasteiger charge is 2.41. The van der Waals surface area contributed by atoms with Crippen LogP contribution in [0.2, 0.25) is 0 Å². The molecule has 0 bridgehead atoms. The zero-order chi connectivity index (χ0) is 42.6. The van der Waals surface area contributed by atoms with Crippen LogP contribution in [0.1, 0.15) is 49.9 Å². The van der Waals surface area contributed by atoms with E-state index in [9.17, 15) is 0 Å². The van der Waals surface area contributed by atoms with Crippen molar-refractivity contribution < 1.29 is 8.83 Å². The summed E-state index contributed by atoms with van der Waals surface area (Å²) in [7, 11) is 0. The van der Waals surface area contributed by atoms with Crippen LogP contribution in [0, 0.1) is 0 Å². The van der Waals surface area contributed by atoms with Crippen molar-refractivity contribution in [2.24, 2.45) is 0 Å². The van der Waals surface area contributed by atoms with Crippen molar-refractivity contribution in [3.63, 3.8) is 0 Å². The van der Waals surface area contributed by atoms with Crippen LogP contribution in [0.5, 0.6) is 0 Å². The summed E-state index contributed by atoms with van der Waals surface area (Å²) in [6.45, 7) is 9.35. The summed E-state index contributed by atoms with van der Waals surface area (Å²) in [4.78, 5) is 4.84. The van der Waals surface area contributed by atoms with Crippen molar-refractivity contribution >= 4 is 110 Å². The molecule has 4 nitrogen and oxygen atoms in total. The van der Waals surface area contributed by atoms with E-state index in [0.29, 0.717) is 0 Å². The largest absolute Gasteiger partial charge is 0.456 e. The average molecular weight is 823 g/mol. The van der Waals surface area contributed by atoms with Crippen LogP contribution in [0.15, 0.2) is 191 Å². The van der Waals surface area contributed by atoms with E-state index in [-0.39, 0.29) is 10.8 Å². The van der Waals surface area contributed by atoms with Crippen LogP contribution < -0.4 is 9.80 Å². The zero-order valence-corrected chi connectivity index (χ0v) is 36.0. The Bertz CT molecular complexity index is 3740. The van der Waals surface area contributed by atoms with Crippen LogP contribution >= 0.6 is 0 Å². The van der Waals surface area contributed by atoms with E-state index < -0.39 is 0 Å². The van der Waals surface area contributed by atoms with E-state index in [1.165, 1.54) is 55.2 Å². The minimum atomic E-state index is -0.317. The second-order valence-electron chi connectivity index (χ2n) is 18.9. The second kappa shape index (κ2) is 12.4. The van der Waals surface area contributed by atoms with Crippen molar-refractivity contribution in [2.45, 2.75) is 38.5 Å². The smallest absolute Gasteiger partial charge is 0.141 e. The lowest BCUT2D eigenvalue weighted by molar-refractivity contribution is 0.602. The molecule has 0 N–H and O–H groups in total. The summed E-state index contributed by atoms with van der Waals surface area (Å²) in [5.41, 5.74) is 14.9. The highest BCUT2D eigenvalue weighted by Crippen LogP contribution is 2.57. The monoisotopic (exact) mass is 822 g/mol. The third kappa shape index (κ3) is 4.72. The summed E-state index contributed by atoms with van der Waals surface area (Å²) in [6.07, 6.45) is 0. The molecule has 4 heterocycles. The van der Waals surface area contributed by atoms with Gasteiger partial charge < -0.3 is 18.6 Å². The molecule has 304 valence electrons. The lowest BCUT2D eigenvalue weighted by Crippen LogP contribution is -2.30. The number of fused-ring (bicyclic) bond motifs is 15. The Morgan fingerprint density at radius 2 is 0.734 bits per heavy atom. The fraction of sp³-hybridized carbons (Fsp3) is 0.100. The molecule has 14 rings (SSSR count). The van der Waals surface area contributed by atoms with E-state index >= 15 is 0 Å². The first kappa shape index (κ1) is 35.7. The Morgan fingerprint density at radius 3 is 1.19 bits per heavy atom. The first-order valence-corrected chi connectivity index (χ1v) is 22.3. The molecule has 64 heavy (non-hydrogen) atoms. The molecule has 2 aliphatic rings. The Hall–Kier alpha value is -7.82. The molecule has 0 amide bonds. The second-order valence-corrected chi connectivity index (χ2v) is 18.9. The van der Waals surface area contributed by atoms with Crippen LogP contribution in [0.3, 0.4) is 0 Å². The Kier molecular flexibility index (Phi) is 6.94. The third-order valence-corrected chi connectivity index (χ3v) is 14.7. The maximum absolute atomic E-state index is 7.11. The molecular formula is C60H42N2O2. The quantitative estimate of drug-likeness (QED) is 0.174. The number of rotatable bonds is 2. The number of hydrogen-bond donors (Lipinski definition) is 0. The van der Waals surface area contributed by atoms with Gasteiger partial charge in [0.05, 0.1) is 22.7 Å². The standard InChI is InChI=1S/C60H42N2O2/c1-59(2)47-17-9-11-19-49(47)61(41-23-21-35-13-5-7-15-37(35)29-41)51-27-25-43-45-31-39-34-54-46(32-40(39)33-53(45)63-57(43)55(51)59)44-26-28-52-56(58(44)64-54)60(3,4)48-18-10-12-20-50(48)62(52)42-24-22-36-14-6-8-16-38(36)30-42/h5-34H,1-4H3. The molecule has 4 heteroatoms. The van der Waals surface area contributed by atoms with Gasteiger partial charge in [-0.3, -0.25) is 0 Å². The number of furan rings is 2. The van der Waals surface area contributed by atoms with Gasteiger partial charge in [-0.25, -0.2) is 0 Å². The molecule has 0 saturated carbocycles. The van der Waals surface area contributed by atoms with Crippen molar-refractivity contribution in [3.05, 3.63) is 204 Å². The van der Waals surface area contributed by atoms with E-state index in [1.54, 1.807) is 0 Å². The van der Waals surface area contributed by atoms with Gasteiger partial charge in [0, 0.05) is 54.9 Å². The van der Waals surface area contributed by atoms with Gasteiger partial charge in [0.25, 0.3) is 0 Å². The predicted octanol–water partition coefficient (Wildman–Crippen LogP) is 17.2. The molecule has 0 unspecified atom stereocenters. The van der Waals surface area contributed by atoms with E-state index in [2.05, 4.69) is 219 Å². The summed E-state index contributed by atoms with van der Waals surface area (Å²) in [5, 5.41) is 11.6. The number of hydrogen-bond acceptors (Lipinski definition) is 4. The highest BCUT2D eigenvalue weighted by molar-refractivity contribution is 6.17. The molecule has 10 aromatic carbocycles. The van der Waals surface area contributed by atoms with Crippen LogP contribution in [-0.2, 0) is 10.8 Å². The van der Waals surface area contributed by atoms with Gasteiger partial charge in [0.15, 0.2) is 0 Å². The van der Waals surface area contributed by atoms with Gasteiger partial charge in [-0.1, -0.05) is 125 Å². The summed E-state index contributed by atoms with van der Waals surface area (Å²) < 4.78 is 14.2. The minimum Gasteiger partial charge on any atom is -0.456 e. The lowest BCUT2D eigenvalue weighted by Gasteiger charge is -2.42. The molecule has 0 radical (unpaired) electrons. The van der Waals surface area contributed by atoms with E-state index in [1.807, 2.05) is 0 Å². The summed E-state index contributed by atoms with van der Waals surface area (Å²) in [5.74, 6) is 0. The van der Waals surface area contributed by atoms with E-state index in [4.69, 9.17) is 8.83 Å². The lowest BCUT2D eigenvalue weighted by atomic mass is 9.73. The molecule has 0 aliphatic carbocycles. The SMILES string of the molecule is CC1(C)c2ccccc2N(c2ccc3ccccc3c2)c2ccc3c(oc4cc5cc6c(cc5cc43)oc3c4c(ccc36)N(c3ccc5ccccc5c3)c3ccccc3C4(C)C)c21. The molecule has 0 spiro atoms. The van der Waals surface area contributed by atoms with Gasteiger partial charge in [-0.05, 0) is 128 Å². The normalized spacial score (nSPS) is 15.1. The first-order valence-electron chi connectivity index (χ1n) is 22.3. The number of benzene rings is 10. The van der Waals surface area contributed by atoms with Gasteiger partial charge in [0.2, 0.25) is 0 Å². The topological polar surface area (TPSA) is 32.8 Å². The van der Waals surface area contributed by atoms with Crippen LogP contribution in [0.25, 0.3) is 76.2 Å². The van der Waals surface area contributed by atoms with Gasteiger partial charge in [0.1, 0.15) is 22.3 Å². The Morgan fingerprint density at radius 1 is 0.328 bits per heavy atom. The summed E-state index contributed by atoms with van der Waals surface area (Å²) >= 11 is 0. The van der Waals surface area contributed by atoms with Crippen molar-refractivity contribution in [1.29, 1.82) is 0 Å². The maximum Gasteiger partial charge on any atom is 0.141 e. The first-order chi connectivity index (χ1) is 31.2. The van der Waals surface area contributed by atoms with Crippen LogP contribution in [-0.4, -0.2) is 0 Å². The minimum absolute atomic E-state index is 0.317. The number of anilines is 6. The zero-order valence-electron chi connectivity index (χ0n) is 36.0. The fourth-order valence-electron chi connectivity index (χ4n) is 11.6. The molecular weight excluding hydrogens is 781 g/mol.